The molecule has 2 aliphatic rings. The lowest BCUT2D eigenvalue weighted by atomic mass is 9.93. The Bertz CT molecular complexity index is 1070. The molecule has 2 aromatic carbocycles. The van der Waals surface area contributed by atoms with Crippen LogP contribution in [0.3, 0.4) is 0 Å². The van der Waals surface area contributed by atoms with Crippen molar-refractivity contribution in [2.45, 2.75) is 32.2 Å². The van der Waals surface area contributed by atoms with Gasteiger partial charge in [-0.1, -0.05) is 12.1 Å². The molecule has 2 aromatic rings. The summed E-state index contributed by atoms with van der Waals surface area (Å²) in [5, 5.41) is 8.91. The predicted molar refractivity (Wildman–Crippen MR) is 126 cm³/mol. The summed E-state index contributed by atoms with van der Waals surface area (Å²) in [6.07, 6.45) is 2.70. The van der Waals surface area contributed by atoms with Gasteiger partial charge in [-0.05, 0) is 56.0 Å². The maximum atomic E-state index is 12.8. The fourth-order valence-electron chi connectivity index (χ4n) is 4.42. The van der Waals surface area contributed by atoms with Gasteiger partial charge in [0.25, 0.3) is 5.91 Å². The molecule has 1 saturated heterocycles. The Labute approximate surface area is 194 Å². The van der Waals surface area contributed by atoms with Gasteiger partial charge in [-0.2, -0.15) is 5.10 Å². The Balaban J connectivity index is 1.79. The number of ether oxygens (including phenoxy) is 2. The third kappa shape index (κ3) is 4.37. The molecular weight excluding hydrogens is 420 g/mol. The highest BCUT2D eigenvalue weighted by molar-refractivity contribution is 6.15. The normalized spacial score (nSPS) is 17.7. The second-order valence-corrected chi connectivity index (χ2v) is 8.34. The summed E-state index contributed by atoms with van der Waals surface area (Å²) in [6.45, 7) is 3.57. The molecule has 0 aromatic heterocycles. The molecule has 0 aliphatic carbocycles. The Morgan fingerprint density at radius 1 is 1.03 bits per heavy atom. The SMILES string of the molecule is CNC(=O)N1N=C(c2ccc(C(=O)N3CCCC3)cc2)c2cc(OC)c(OC)cc2CC1C. The number of nitrogens with one attached hydrogen (secondary N) is 1. The van der Waals surface area contributed by atoms with Gasteiger partial charge in [-0.3, -0.25) is 4.79 Å². The number of hydrogen-bond acceptors (Lipinski definition) is 5. The zero-order chi connectivity index (χ0) is 23.5. The Morgan fingerprint density at radius 3 is 2.27 bits per heavy atom. The minimum atomic E-state index is -0.285. The van der Waals surface area contributed by atoms with Crippen molar-refractivity contribution in [3.8, 4) is 11.5 Å². The van der Waals surface area contributed by atoms with E-state index in [4.69, 9.17) is 14.6 Å². The lowest BCUT2D eigenvalue weighted by Crippen LogP contribution is -2.41. The van der Waals surface area contributed by atoms with Crippen LogP contribution in [0.5, 0.6) is 11.5 Å². The highest BCUT2D eigenvalue weighted by Crippen LogP contribution is 2.34. The van der Waals surface area contributed by atoms with Crippen molar-refractivity contribution in [3.63, 3.8) is 0 Å². The predicted octanol–water partition coefficient (Wildman–Crippen LogP) is 3.28. The van der Waals surface area contributed by atoms with Crippen molar-refractivity contribution in [1.82, 2.24) is 15.2 Å². The van der Waals surface area contributed by atoms with Crippen LogP contribution in [-0.4, -0.2) is 68.0 Å². The van der Waals surface area contributed by atoms with Crippen LogP contribution >= 0.6 is 0 Å². The van der Waals surface area contributed by atoms with Crippen LogP contribution in [0.4, 0.5) is 4.79 Å². The monoisotopic (exact) mass is 450 g/mol. The van der Waals surface area contributed by atoms with Crippen LogP contribution in [-0.2, 0) is 6.42 Å². The fraction of sp³-hybridized carbons (Fsp3) is 0.400. The highest BCUT2D eigenvalue weighted by atomic mass is 16.5. The smallest absolute Gasteiger partial charge is 0.337 e. The van der Waals surface area contributed by atoms with Crippen LogP contribution in [0, 0.1) is 0 Å². The van der Waals surface area contributed by atoms with Gasteiger partial charge in [0, 0.05) is 36.8 Å². The summed E-state index contributed by atoms with van der Waals surface area (Å²) < 4.78 is 11.0. The third-order valence-corrected chi connectivity index (χ3v) is 6.23. The van der Waals surface area contributed by atoms with Crippen LogP contribution in [0.15, 0.2) is 41.5 Å². The van der Waals surface area contributed by atoms with Crippen molar-refractivity contribution in [3.05, 3.63) is 58.7 Å². The molecule has 2 heterocycles. The minimum Gasteiger partial charge on any atom is -0.493 e. The molecule has 3 amide bonds. The van der Waals surface area contributed by atoms with Gasteiger partial charge in [0.15, 0.2) is 11.5 Å². The molecule has 0 spiro atoms. The number of hydrogen-bond donors (Lipinski definition) is 1. The van der Waals surface area contributed by atoms with E-state index >= 15 is 0 Å². The van der Waals surface area contributed by atoms with E-state index in [9.17, 15) is 9.59 Å². The van der Waals surface area contributed by atoms with Gasteiger partial charge < -0.3 is 19.7 Å². The zero-order valence-electron chi connectivity index (χ0n) is 19.6. The molecular formula is C25H30N4O4. The fourth-order valence-corrected chi connectivity index (χ4v) is 4.42. The van der Waals surface area contributed by atoms with Crippen molar-refractivity contribution in [2.24, 2.45) is 5.10 Å². The van der Waals surface area contributed by atoms with Gasteiger partial charge >= 0.3 is 6.03 Å². The maximum Gasteiger partial charge on any atom is 0.337 e. The Morgan fingerprint density at radius 2 is 1.67 bits per heavy atom. The molecule has 0 radical (unpaired) electrons. The summed E-state index contributed by atoms with van der Waals surface area (Å²) in [5.74, 6) is 1.27. The quantitative estimate of drug-likeness (QED) is 0.775. The lowest BCUT2D eigenvalue weighted by Gasteiger charge is -2.22. The van der Waals surface area contributed by atoms with Crippen molar-refractivity contribution < 1.29 is 19.1 Å². The number of amides is 3. The molecule has 4 rings (SSSR count). The van der Waals surface area contributed by atoms with Gasteiger partial charge in [0.2, 0.25) is 0 Å². The number of nitrogens with zero attached hydrogens (tertiary/aromatic N) is 3. The first-order valence-corrected chi connectivity index (χ1v) is 11.2. The average molecular weight is 451 g/mol. The first-order valence-electron chi connectivity index (χ1n) is 11.2. The van der Waals surface area contributed by atoms with Gasteiger partial charge in [-0.15, -0.1) is 0 Å². The number of urea groups is 1. The first-order chi connectivity index (χ1) is 16.0. The van der Waals surface area contributed by atoms with E-state index in [1.54, 1.807) is 21.3 Å². The molecule has 1 N–H and O–H groups in total. The molecule has 2 aliphatic heterocycles. The maximum absolute atomic E-state index is 12.8. The van der Waals surface area contributed by atoms with Gasteiger partial charge in [-0.25, -0.2) is 9.80 Å². The lowest BCUT2D eigenvalue weighted by molar-refractivity contribution is 0.0793. The van der Waals surface area contributed by atoms with Gasteiger partial charge in [0.05, 0.1) is 26.0 Å². The number of rotatable bonds is 4. The Kier molecular flexibility index (Phi) is 6.53. The third-order valence-electron chi connectivity index (χ3n) is 6.23. The second-order valence-electron chi connectivity index (χ2n) is 8.34. The van der Waals surface area contributed by atoms with E-state index in [0.717, 1.165) is 42.6 Å². The summed E-state index contributed by atoms with van der Waals surface area (Å²) in [4.78, 5) is 27.3. The van der Waals surface area contributed by atoms with Crippen LogP contribution in [0.25, 0.3) is 0 Å². The number of fused-ring (bicyclic) bond motifs is 1. The molecule has 1 fully saturated rings. The topological polar surface area (TPSA) is 83.5 Å². The zero-order valence-corrected chi connectivity index (χ0v) is 19.6. The van der Waals surface area contributed by atoms with E-state index in [2.05, 4.69) is 5.32 Å². The number of carbonyl (C=O) groups excluding carboxylic acids is 2. The largest absolute Gasteiger partial charge is 0.493 e. The number of hydrazone groups is 1. The van der Waals surface area contributed by atoms with Gasteiger partial charge in [0.1, 0.15) is 0 Å². The summed E-state index contributed by atoms with van der Waals surface area (Å²) >= 11 is 0. The van der Waals surface area contributed by atoms with Crippen molar-refractivity contribution in [2.75, 3.05) is 34.4 Å². The molecule has 1 atom stereocenters. The van der Waals surface area contributed by atoms with Crippen LogP contribution in [0.2, 0.25) is 0 Å². The highest BCUT2D eigenvalue weighted by Gasteiger charge is 2.28. The summed E-state index contributed by atoms with van der Waals surface area (Å²) in [7, 11) is 4.79. The average Bonchev–Trinajstić information content (AvgIpc) is 3.34. The van der Waals surface area contributed by atoms with E-state index < -0.39 is 0 Å². The molecule has 8 heteroatoms. The van der Waals surface area contributed by atoms with Crippen molar-refractivity contribution >= 4 is 17.6 Å². The van der Waals surface area contributed by atoms with E-state index in [1.165, 1.54) is 5.01 Å². The standard InChI is InChI=1S/C25H30N4O4/c1-16-13-19-14-21(32-3)22(33-4)15-20(19)23(27-29(16)25(31)26-2)17-7-9-18(10-8-17)24(30)28-11-5-6-12-28/h7-10,14-16H,5-6,11-13H2,1-4H3,(H,26,31). The summed E-state index contributed by atoms with van der Waals surface area (Å²) in [5.41, 5.74) is 3.97. The number of methoxy groups -OCH3 is 2. The molecule has 0 bridgehead atoms. The second kappa shape index (κ2) is 9.52. The minimum absolute atomic E-state index is 0.0503. The van der Waals surface area contributed by atoms with Crippen LogP contribution in [0.1, 0.15) is 46.8 Å². The molecule has 8 nitrogen and oxygen atoms in total. The van der Waals surface area contributed by atoms with Crippen LogP contribution < -0.4 is 14.8 Å². The number of carbonyl (C=O) groups is 2. The molecule has 1 unspecified atom stereocenters. The Hall–Kier alpha value is -3.55. The number of benzene rings is 2. The molecule has 174 valence electrons. The molecule has 33 heavy (non-hydrogen) atoms. The van der Waals surface area contributed by atoms with E-state index in [1.807, 2.05) is 48.2 Å². The van der Waals surface area contributed by atoms with Crippen molar-refractivity contribution in [1.29, 1.82) is 0 Å². The molecule has 0 saturated carbocycles. The van der Waals surface area contributed by atoms with E-state index in [0.29, 0.717) is 29.2 Å². The van der Waals surface area contributed by atoms with E-state index in [-0.39, 0.29) is 18.0 Å². The number of likely N-dealkylation sites (tertiary alicyclic amines) is 1. The first kappa shape index (κ1) is 22.6. The summed E-state index contributed by atoms with van der Waals surface area (Å²) in [6, 6.07) is 10.8.